The number of aromatic nitrogens is 2. The zero-order valence-corrected chi connectivity index (χ0v) is 21.1. The minimum Gasteiger partial charge on any atom is -0.490 e. The second-order valence-electron chi connectivity index (χ2n) is 7.97. The highest BCUT2D eigenvalue weighted by molar-refractivity contribution is 7.90. The van der Waals surface area contributed by atoms with Gasteiger partial charge in [0.2, 0.25) is 11.8 Å². The topological polar surface area (TPSA) is 133 Å². The maximum Gasteiger partial charge on any atom is 0.255 e. The largest absolute Gasteiger partial charge is 0.490 e. The van der Waals surface area contributed by atoms with Gasteiger partial charge in [0.15, 0.2) is 15.6 Å². The molecule has 1 amide bonds. The Bertz CT molecular complexity index is 1530. The molecule has 0 saturated heterocycles. The van der Waals surface area contributed by atoms with E-state index in [0.29, 0.717) is 46.8 Å². The number of ether oxygens (including phenoxy) is 2. The summed E-state index contributed by atoms with van der Waals surface area (Å²) in [5.41, 5.74) is 1.40. The first-order valence-electron chi connectivity index (χ1n) is 11.2. The summed E-state index contributed by atoms with van der Waals surface area (Å²) < 4.78 is 41.9. The Labute approximate surface area is 208 Å². The summed E-state index contributed by atoms with van der Waals surface area (Å²) >= 11 is 0. The number of sulfone groups is 1. The molecule has 188 valence electrons. The number of furan rings is 1. The number of nitrogens with one attached hydrogen (secondary N) is 2. The molecule has 4 aromatic rings. The maximum absolute atomic E-state index is 12.3. The molecule has 0 aliphatic rings. The van der Waals surface area contributed by atoms with Crippen molar-refractivity contribution in [3.8, 4) is 17.4 Å². The second kappa shape index (κ2) is 10.2. The first kappa shape index (κ1) is 25.0. The fraction of sp³-hybridized carbons (Fsp3) is 0.240. The third-order valence-electron chi connectivity index (χ3n) is 5.22. The van der Waals surface area contributed by atoms with Gasteiger partial charge in [-0.1, -0.05) is 13.0 Å². The van der Waals surface area contributed by atoms with Crippen molar-refractivity contribution < 1.29 is 27.1 Å². The van der Waals surface area contributed by atoms with Crippen molar-refractivity contribution in [1.29, 1.82) is 0 Å². The highest BCUT2D eigenvalue weighted by Crippen LogP contribution is 2.35. The van der Waals surface area contributed by atoms with Gasteiger partial charge in [-0.05, 0) is 37.6 Å². The van der Waals surface area contributed by atoms with Crippen LogP contribution in [-0.4, -0.2) is 44.2 Å². The standard InChI is InChI=1S/C25H26N4O6S/c1-5-13-33-23-18(7-6-8-20(23)36(4,31)32)28-25-27-12-11-21(29-25)35-16-9-10-17-19(14-16)34-15(2)22(17)24(30)26-3/h6-12,14H,5,13H2,1-4H3,(H,26,30)(H,27,28,29). The fourth-order valence-electron chi connectivity index (χ4n) is 3.63. The van der Waals surface area contributed by atoms with E-state index in [0.717, 1.165) is 6.26 Å². The van der Waals surface area contributed by atoms with Gasteiger partial charge in [-0.15, -0.1) is 0 Å². The molecule has 11 heteroatoms. The summed E-state index contributed by atoms with van der Waals surface area (Å²) in [6.07, 6.45) is 3.35. The third kappa shape index (κ3) is 5.25. The second-order valence-corrected chi connectivity index (χ2v) is 9.95. The highest BCUT2D eigenvalue weighted by atomic mass is 32.2. The van der Waals surface area contributed by atoms with Crippen molar-refractivity contribution in [3.63, 3.8) is 0 Å². The summed E-state index contributed by atoms with van der Waals surface area (Å²) in [5.74, 6) is 1.38. The van der Waals surface area contributed by atoms with Gasteiger partial charge in [0, 0.05) is 37.0 Å². The van der Waals surface area contributed by atoms with Gasteiger partial charge < -0.3 is 24.5 Å². The lowest BCUT2D eigenvalue weighted by Gasteiger charge is -2.15. The van der Waals surface area contributed by atoms with Gasteiger partial charge in [0.1, 0.15) is 22.0 Å². The Morgan fingerprint density at radius 3 is 2.69 bits per heavy atom. The number of para-hydroxylation sites is 1. The van der Waals surface area contributed by atoms with Crippen molar-refractivity contribution in [2.45, 2.75) is 25.2 Å². The van der Waals surface area contributed by atoms with E-state index in [9.17, 15) is 13.2 Å². The number of aryl methyl sites for hydroxylation is 1. The Morgan fingerprint density at radius 2 is 1.97 bits per heavy atom. The van der Waals surface area contributed by atoms with Crippen molar-refractivity contribution in [1.82, 2.24) is 15.3 Å². The molecule has 10 nitrogen and oxygen atoms in total. The molecule has 0 saturated carbocycles. The van der Waals surface area contributed by atoms with E-state index in [1.807, 2.05) is 6.92 Å². The summed E-state index contributed by atoms with van der Waals surface area (Å²) in [4.78, 5) is 20.8. The zero-order chi connectivity index (χ0) is 25.9. The van der Waals surface area contributed by atoms with Crippen LogP contribution in [0.1, 0.15) is 29.5 Å². The first-order valence-corrected chi connectivity index (χ1v) is 13.1. The quantitative estimate of drug-likeness (QED) is 0.331. The zero-order valence-electron chi connectivity index (χ0n) is 20.3. The number of benzene rings is 2. The molecule has 0 bridgehead atoms. The highest BCUT2D eigenvalue weighted by Gasteiger charge is 2.20. The Balaban J connectivity index is 1.61. The van der Waals surface area contributed by atoms with E-state index >= 15 is 0 Å². The predicted molar refractivity (Wildman–Crippen MR) is 135 cm³/mol. The van der Waals surface area contributed by atoms with Crippen LogP contribution in [0, 0.1) is 6.92 Å². The molecule has 2 aromatic carbocycles. The monoisotopic (exact) mass is 510 g/mol. The van der Waals surface area contributed by atoms with Crippen LogP contribution in [0.5, 0.6) is 17.4 Å². The Kier molecular flexibility index (Phi) is 7.11. The smallest absolute Gasteiger partial charge is 0.255 e. The minimum absolute atomic E-state index is 0.0755. The molecule has 0 fully saturated rings. The summed E-state index contributed by atoms with van der Waals surface area (Å²) in [6, 6.07) is 11.5. The van der Waals surface area contributed by atoms with Crippen LogP contribution in [0.3, 0.4) is 0 Å². The number of amides is 1. The number of hydrogen-bond acceptors (Lipinski definition) is 9. The predicted octanol–water partition coefficient (Wildman–Crippen LogP) is 4.62. The average molecular weight is 511 g/mol. The minimum atomic E-state index is -3.52. The molecule has 0 unspecified atom stereocenters. The van der Waals surface area contributed by atoms with Gasteiger partial charge >= 0.3 is 0 Å². The summed E-state index contributed by atoms with van der Waals surface area (Å²) in [7, 11) is -1.95. The van der Waals surface area contributed by atoms with Crippen LogP contribution in [0.15, 0.2) is 58.0 Å². The van der Waals surface area contributed by atoms with E-state index in [2.05, 4.69) is 20.6 Å². The number of nitrogens with zero attached hydrogens (tertiary/aromatic N) is 2. The lowest BCUT2D eigenvalue weighted by atomic mass is 10.1. The molecule has 0 aliphatic heterocycles. The van der Waals surface area contributed by atoms with Gasteiger partial charge in [-0.2, -0.15) is 4.98 Å². The van der Waals surface area contributed by atoms with Crippen LogP contribution in [-0.2, 0) is 9.84 Å². The van der Waals surface area contributed by atoms with Gasteiger partial charge in [0.25, 0.3) is 5.91 Å². The molecular formula is C25H26N4O6S. The molecular weight excluding hydrogens is 484 g/mol. The van der Waals surface area contributed by atoms with Crippen LogP contribution >= 0.6 is 0 Å². The average Bonchev–Trinajstić information content (AvgIpc) is 3.17. The maximum atomic E-state index is 12.3. The van der Waals surface area contributed by atoms with Crippen molar-refractivity contribution in [3.05, 3.63) is 60.0 Å². The lowest BCUT2D eigenvalue weighted by Crippen LogP contribution is -2.18. The number of anilines is 2. The first-order chi connectivity index (χ1) is 17.2. The van der Waals surface area contributed by atoms with Crippen LogP contribution < -0.4 is 20.1 Å². The van der Waals surface area contributed by atoms with Crippen molar-refractivity contribution >= 4 is 38.3 Å². The van der Waals surface area contributed by atoms with E-state index < -0.39 is 9.84 Å². The number of carbonyl (C=O) groups excluding carboxylic acids is 1. The third-order valence-corrected chi connectivity index (χ3v) is 6.34. The number of fused-ring (bicyclic) bond motifs is 1. The molecule has 2 aromatic heterocycles. The van der Waals surface area contributed by atoms with Gasteiger partial charge in [0.05, 0.1) is 17.9 Å². The fourth-order valence-corrected chi connectivity index (χ4v) is 4.46. The molecule has 0 atom stereocenters. The van der Waals surface area contributed by atoms with Gasteiger partial charge in [-0.25, -0.2) is 13.4 Å². The summed E-state index contributed by atoms with van der Waals surface area (Å²) in [6.45, 7) is 4.01. The van der Waals surface area contributed by atoms with E-state index in [1.165, 1.54) is 12.3 Å². The molecule has 0 radical (unpaired) electrons. The molecule has 2 N–H and O–H groups in total. The lowest BCUT2D eigenvalue weighted by molar-refractivity contribution is 0.0963. The summed E-state index contributed by atoms with van der Waals surface area (Å²) in [5, 5.41) is 6.31. The van der Waals surface area contributed by atoms with Crippen LogP contribution in [0.25, 0.3) is 11.0 Å². The molecule has 0 aliphatic carbocycles. The van der Waals surface area contributed by atoms with E-state index in [1.54, 1.807) is 50.4 Å². The number of rotatable bonds is 9. The van der Waals surface area contributed by atoms with Gasteiger partial charge in [-0.3, -0.25) is 4.79 Å². The molecule has 36 heavy (non-hydrogen) atoms. The molecule has 0 spiro atoms. The molecule has 4 rings (SSSR count). The van der Waals surface area contributed by atoms with Crippen LogP contribution in [0.2, 0.25) is 0 Å². The number of hydrogen-bond donors (Lipinski definition) is 2. The van der Waals surface area contributed by atoms with Crippen LogP contribution in [0.4, 0.5) is 11.6 Å². The normalized spacial score (nSPS) is 11.3. The van der Waals surface area contributed by atoms with E-state index in [-0.39, 0.29) is 28.4 Å². The van der Waals surface area contributed by atoms with E-state index in [4.69, 9.17) is 13.9 Å². The van der Waals surface area contributed by atoms with Crippen molar-refractivity contribution in [2.75, 3.05) is 25.2 Å². The number of carbonyl (C=O) groups is 1. The Hall–Kier alpha value is -4.12. The van der Waals surface area contributed by atoms with Crippen molar-refractivity contribution in [2.24, 2.45) is 0 Å². The SMILES string of the molecule is CCCOc1c(Nc2nccc(Oc3ccc4c(C(=O)NC)c(C)oc4c3)n2)cccc1S(C)(=O)=O. The molecule has 2 heterocycles. The Morgan fingerprint density at radius 1 is 1.17 bits per heavy atom.